The third-order valence-corrected chi connectivity index (χ3v) is 2.95. The first-order valence-electron chi connectivity index (χ1n) is 6.38. The number of ether oxygens (including phenoxy) is 1. The van der Waals surface area contributed by atoms with Crippen LogP contribution in [0.5, 0.6) is 5.75 Å². The molecule has 0 aliphatic rings. The topological polar surface area (TPSA) is 60.2 Å². The minimum absolute atomic E-state index is 0.587. The first-order chi connectivity index (χ1) is 9.17. The fraction of sp³-hybridized carbons (Fsp3) is 0.429. The molecule has 1 N–H and O–H groups in total. The Morgan fingerprint density at radius 2 is 2.21 bits per heavy atom. The molecule has 0 fully saturated rings. The fourth-order valence-electron chi connectivity index (χ4n) is 2.06. The van der Waals surface area contributed by atoms with Gasteiger partial charge < -0.3 is 9.84 Å². The molecule has 0 bridgehead atoms. The van der Waals surface area contributed by atoms with E-state index in [4.69, 9.17) is 4.74 Å². The molecule has 2 rings (SSSR count). The molecule has 0 spiro atoms. The zero-order valence-corrected chi connectivity index (χ0v) is 11.5. The Morgan fingerprint density at radius 1 is 1.42 bits per heavy atom. The van der Waals surface area contributed by atoms with Gasteiger partial charge in [-0.2, -0.15) is 5.10 Å². The number of aromatic nitrogens is 3. The highest BCUT2D eigenvalue weighted by atomic mass is 16.5. The second-order valence-electron chi connectivity index (χ2n) is 4.43. The van der Waals surface area contributed by atoms with E-state index >= 15 is 0 Å². The van der Waals surface area contributed by atoms with Crippen molar-refractivity contribution in [3.8, 4) is 5.75 Å². The maximum absolute atomic E-state index is 10.5. The second kappa shape index (κ2) is 5.84. The average molecular weight is 261 g/mol. The molecule has 2 aromatic heterocycles. The lowest BCUT2D eigenvalue weighted by Crippen LogP contribution is -2.12. The van der Waals surface area contributed by atoms with Crippen LogP contribution >= 0.6 is 0 Å². The van der Waals surface area contributed by atoms with Gasteiger partial charge >= 0.3 is 0 Å². The lowest BCUT2D eigenvalue weighted by molar-refractivity contribution is 0.197. The molecule has 1 unspecified atom stereocenters. The van der Waals surface area contributed by atoms with E-state index in [9.17, 15) is 5.11 Å². The molecular weight excluding hydrogens is 242 g/mol. The quantitative estimate of drug-likeness (QED) is 0.895. The Balaban J connectivity index is 2.41. The Bertz CT molecular complexity index is 551. The number of aliphatic hydroxyl groups is 1. The summed E-state index contributed by atoms with van der Waals surface area (Å²) >= 11 is 0. The van der Waals surface area contributed by atoms with Crippen molar-refractivity contribution in [2.45, 2.75) is 32.9 Å². The van der Waals surface area contributed by atoms with Gasteiger partial charge in [0.05, 0.1) is 19.0 Å². The van der Waals surface area contributed by atoms with Crippen LogP contribution in [0.4, 0.5) is 0 Å². The number of pyridine rings is 1. The summed E-state index contributed by atoms with van der Waals surface area (Å²) in [5, 5.41) is 14.8. The van der Waals surface area contributed by atoms with Gasteiger partial charge in [0, 0.05) is 12.2 Å². The number of hydrogen-bond donors (Lipinski definition) is 1. The molecule has 0 aliphatic carbocycles. The standard InChI is InChI=1S/C14H19N3O2/c1-4-8-17-13(12(19-3)9-15-17)14(18)11-7-5-6-10(2)16-11/h5-7,9,14,18H,4,8H2,1-3H3. The van der Waals surface area contributed by atoms with Crippen LogP contribution in [0.25, 0.3) is 0 Å². The van der Waals surface area contributed by atoms with Gasteiger partial charge in [0.2, 0.25) is 0 Å². The smallest absolute Gasteiger partial charge is 0.163 e. The monoisotopic (exact) mass is 261 g/mol. The molecule has 2 heterocycles. The number of methoxy groups -OCH3 is 1. The molecule has 1 atom stereocenters. The summed E-state index contributed by atoms with van der Waals surface area (Å²) in [4.78, 5) is 4.36. The molecule has 0 aliphatic heterocycles. The van der Waals surface area contributed by atoms with E-state index in [0.717, 1.165) is 18.7 Å². The molecule has 0 saturated heterocycles. The van der Waals surface area contributed by atoms with Crippen LogP contribution in [-0.4, -0.2) is 27.0 Å². The van der Waals surface area contributed by atoms with Gasteiger partial charge in [0.15, 0.2) is 5.75 Å². The van der Waals surface area contributed by atoms with Gasteiger partial charge in [-0.05, 0) is 25.5 Å². The average Bonchev–Trinajstić information content (AvgIpc) is 2.81. The Hall–Kier alpha value is -1.88. The minimum atomic E-state index is -0.830. The predicted molar refractivity (Wildman–Crippen MR) is 72.1 cm³/mol. The van der Waals surface area contributed by atoms with E-state index in [-0.39, 0.29) is 0 Å². The highest BCUT2D eigenvalue weighted by molar-refractivity contribution is 5.32. The van der Waals surface area contributed by atoms with E-state index < -0.39 is 6.10 Å². The highest BCUT2D eigenvalue weighted by Gasteiger charge is 2.22. The van der Waals surface area contributed by atoms with Crippen molar-refractivity contribution in [3.05, 3.63) is 41.5 Å². The summed E-state index contributed by atoms with van der Waals surface area (Å²) < 4.78 is 7.05. The van der Waals surface area contributed by atoms with E-state index in [2.05, 4.69) is 17.0 Å². The van der Waals surface area contributed by atoms with E-state index in [1.165, 1.54) is 0 Å². The number of aliphatic hydroxyl groups excluding tert-OH is 1. The van der Waals surface area contributed by atoms with Crippen LogP contribution in [-0.2, 0) is 6.54 Å². The minimum Gasteiger partial charge on any atom is -0.493 e. The van der Waals surface area contributed by atoms with Crippen molar-refractivity contribution < 1.29 is 9.84 Å². The summed E-state index contributed by atoms with van der Waals surface area (Å²) in [5.74, 6) is 0.587. The van der Waals surface area contributed by atoms with Gasteiger partial charge in [0.25, 0.3) is 0 Å². The van der Waals surface area contributed by atoms with Gasteiger partial charge in [-0.25, -0.2) is 0 Å². The number of rotatable bonds is 5. The van der Waals surface area contributed by atoms with E-state index in [1.807, 2.05) is 19.1 Å². The van der Waals surface area contributed by atoms with Crippen molar-refractivity contribution in [2.24, 2.45) is 0 Å². The molecule has 0 radical (unpaired) electrons. The fourth-order valence-corrected chi connectivity index (χ4v) is 2.06. The third kappa shape index (κ3) is 2.76. The number of nitrogens with zero attached hydrogens (tertiary/aromatic N) is 3. The molecule has 19 heavy (non-hydrogen) atoms. The van der Waals surface area contributed by atoms with Crippen LogP contribution in [0.15, 0.2) is 24.4 Å². The maximum Gasteiger partial charge on any atom is 0.163 e. The summed E-state index contributed by atoms with van der Waals surface area (Å²) in [6.07, 6.45) is 1.74. The van der Waals surface area contributed by atoms with Crippen molar-refractivity contribution in [2.75, 3.05) is 7.11 Å². The predicted octanol–water partition coefficient (Wildman–Crippen LogP) is 2.09. The molecule has 2 aromatic rings. The first-order valence-corrected chi connectivity index (χ1v) is 6.38. The lowest BCUT2D eigenvalue weighted by Gasteiger charge is -2.14. The number of hydrogen-bond acceptors (Lipinski definition) is 4. The maximum atomic E-state index is 10.5. The Kier molecular flexibility index (Phi) is 4.16. The normalized spacial score (nSPS) is 12.4. The van der Waals surface area contributed by atoms with Crippen molar-refractivity contribution >= 4 is 0 Å². The van der Waals surface area contributed by atoms with Crippen molar-refractivity contribution in [1.82, 2.24) is 14.8 Å². The summed E-state index contributed by atoms with van der Waals surface area (Å²) in [5.41, 5.74) is 2.13. The number of aryl methyl sites for hydroxylation is 2. The second-order valence-corrected chi connectivity index (χ2v) is 4.43. The van der Waals surface area contributed by atoms with Crippen LogP contribution in [0.3, 0.4) is 0 Å². The van der Waals surface area contributed by atoms with Gasteiger partial charge in [-0.15, -0.1) is 0 Å². The molecule has 0 aromatic carbocycles. The Morgan fingerprint density at radius 3 is 2.84 bits per heavy atom. The summed E-state index contributed by atoms with van der Waals surface area (Å²) in [7, 11) is 1.58. The molecule has 102 valence electrons. The van der Waals surface area contributed by atoms with Crippen LogP contribution in [0.2, 0.25) is 0 Å². The van der Waals surface area contributed by atoms with E-state index in [1.54, 1.807) is 24.1 Å². The van der Waals surface area contributed by atoms with Crippen LogP contribution < -0.4 is 4.74 Å². The molecule has 5 heteroatoms. The molecule has 0 saturated carbocycles. The van der Waals surface area contributed by atoms with Crippen LogP contribution in [0, 0.1) is 6.92 Å². The Labute approximate surface area is 112 Å². The summed E-state index contributed by atoms with van der Waals surface area (Å²) in [6, 6.07) is 5.59. The zero-order valence-electron chi connectivity index (χ0n) is 11.5. The lowest BCUT2D eigenvalue weighted by atomic mass is 10.1. The largest absolute Gasteiger partial charge is 0.493 e. The molecular formula is C14H19N3O2. The van der Waals surface area contributed by atoms with Gasteiger partial charge in [-0.3, -0.25) is 9.67 Å². The zero-order chi connectivity index (χ0) is 13.8. The van der Waals surface area contributed by atoms with E-state index in [0.29, 0.717) is 17.1 Å². The SMILES string of the molecule is CCCn1ncc(OC)c1C(O)c1cccc(C)n1. The van der Waals surface area contributed by atoms with Gasteiger partial charge in [0.1, 0.15) is 11.8 Å². The third-order valence-electron chi connectivity index (χ3n) is 2.95. The molecule has 5 nitrogen and oxygen atoms in total. The van der Waals surface area contributed by atoms with Crippen molar-refractivity contribution in [3.63, 3.8) is 0 Å². The first kappa shape index (κ1) is 13.5. The summed E-state index contributed by atoms with van der Waals surface area (Å²) in [6.45, 7) is 4.70. The van der Waals surface area contributed by atoms with Gasteiger partial charge in [-0.1, -0.05) is 13.0 Å². The van der Waals surface area contributed by atoms with Crippen molar-refractivity contribution in [1.29, 1.82) is 0 Å². The highest BCUT2D eigenvalue weighted by Crippen LogP contribution is 2.29. The van der Waals surface area contributed by atoms with Crippen LogP contribution in [0.1, 0.15) is 36.5 Å². The molecule has 0 amide bonds.